The number of anilines is 1. The van der Waals surface area contributed by atoms with E-state index in [1.165, 1.54) is 12.1 Å². The van der Waals surface area contributed by atoms with Crippen molar-refractivity contribution in [2.45, 2.75) is 0 Å². The summed E-state index contributed by atoms with van der Waals surface area (Å²) in [7, 11) is 1.66. The lowest BCUT2D eigenvalue weighted by atomic mass is 10.1. The first-order chi connectivity index (χ1) is 8.52. The van der Waals surface area contributed by atoms with Gasteiger partial charge in [-0.15, -0.1) is 0 Å². The number of aromatic nitrogens is 2. The molecule has 4 N–H and O–H groups in total. The molecule has 6 nitrogen and oxygen atoms in total. The summed E-state index contributed by atoms with van der Waals surface area (Å²) in [5.41, 5.74) is 1.13. The quantitative estimate of drug-likeness (QED) is 0.629. The van der Waals surface area contributed by atoms with E-state index in [1.807, 2.05) is 0 Å². The summed E-state index contributed by atoms with van der Waals surface area (Å²) >= 11 is 10.9. The molecule has 1 aromatic heterocycles. The Morgan fingerprint density at radius 3 is 2.89 bits per heavy atom. The van der Waals surface area contributed by atoms with Gasteiger partial charge in [-0.1, -0.05) is 11.6 Å². The fraction of sp³-hybridized carbons (Fsp3) is 0.100. The van der Waals surface area contributed by atoms with Gasteiger partial charge >= 0.3 is 5.97 Å². The number of carbonyl (C=O) groups is 1. The lowest BCUT2D eigenvalue weighted by molar-refractivity contribution is 0.0697. The van der Waals surface area contributed by atoms with Crippen LogP contribution in [0, 0.1) is 0 Å². The second-order valence-corrected chi connectivity index (χ2v) is 4.24. The highest BCUT2D eigenvalue weighted by atomic mass is 35.5. The van der Waals surface area contributed by atoms with Crippen LogP contribution in [0.4, 0.5) is 5.69 Å². The first kappa shape index (κ1) is 12.6. The summed E-state index contributed by atoms with van der Waals surface area (Å²) in [6.07, 6.45) is 0. The molecule has 0 saturated carbocycles. The van der Waals surface area contributed by atoms with Crippen molar-refractivity contribution in [1.82, 2.24) is 15.5 Å². The molecule has 0 radical (unpaired) electrons. The Bertz CT molecular complexity index is 640. The van der Waals surface area contributed by atoms with Crippen molar-refractivity contribution in [3.63, 3.8) is 0 Å². The number of rotatable bonds is 2. The topological polar surface area (TPSA) is 90.0 Å². The Balaban J connectivity index is 2.62. The number of benzene rings is 1. The van der Waals surface area contributed by atoms with Crippen molar-refractivity contribution in [3.8, 4) is 0 Å². The van der Waals surface area contributed by atoms with Crippen LogP contribution in [0.25, 0.3) is 10.9 Å². The number of nitrogens with zero attached hydrogens (tertiary/aromatic N) is 1. The number of nitrogens with one attached hydrogen (secondary N) is 3. The average molecular weight is 285 g/mol. The predicted molar refractivity (Wildman–Crippen MR) is 73.3 cm³/mol. The van der Waals surface area contributed by atoms with Gasteiger partial charge in [-0.2, -0.15) is 5.10 Å². The zero-order valence-corrected chi connectivity index (χ0v) is 10.8. The highest BCUT2D eigenvalue weighted by molar-refractivity contribution is 7.80. The normalized spacial score (nSPS) is 10.3. The maximum absolute atomic E-state index is 11.0. The van der Waals surface area contributed by atoms with Gasteiger partial charge in [-0.05, 0) is 24.4 Å². The van der Waals surface area contributed by atoms with Gasteiger partial charge in [0.05, 0.1) is 22.2 Å². The molecule has 0 bridgehead atoms. The Morgan fingerprint density at radius 1 is 1.56 bits per heavy atom. The van der Waals surface area contributed by atoms with E-state index in [0.29, 0.717) is 21.7 Å². The third kappa shape index (κ3) is 2.22. The Labute approximate surface area is 112 Å². The summed E-state index contributed by atoms with van der Waals surface area (Å²) in [4.78, 5) is 11.0. The van der Waals surface area contributed by atoms with Crippen molar-refractivity contribution in [3.05, 3.63) is 22.8 Å². The summed E-state index contributed by atoms with van der Waals surface area (Å²) in [5, 5.41) is 22.3. The highest BCUT2D eigenvalue weighted by Crippen LogP contribution is 2.30. The molecule has 2 aromatic rings. The number of halogens is 1. The van der Waals surface area contributed by atoms with Crippen LogP contribution in [-0.2, 0) is 0 Å². The Kier molecular flexibility index (Phi) is 3.35. The molecule has 1 aromatic carbocycles. The van der Waals surface area contributed by atoms with Gasteiger partial charge in [0.15, 0.2) is 10.3 Å². The standard InChI is InChI=1S/C10H9ClN4O2S/c1-12-10(18)13-5-2-4(9(16)17)3-6-7(5)8(11)15-14-6/h2-3H,1H3,(H,14,15)(H,16,17)(H2,12,13,18). The second kappa shape index (κ2) is 4.79. The number of aromatic carboxylic acids is 1. The lowest BCUT2D eigenvalue weighted by Crippen LogP contribution is -2.24. The number of carboxylic acid groups (broad SMARTS) is 1. The minimum atomic E-state index is -1.04. The minimum absolute atomic E-state index is 0.115. The second-order valence-electron chi connectivity index (χ2n) is 3.47. The molecule has 0 amide bonds. The number of hydrogen-bond acceptors (Lipinski definition) is 3. The molecule has 94 valence electrons. The summed E-state index contributed by atoms with van der Waals surface area (Å²) < 4.78 is 0. The maximum atomic E-state index is 11.0. The van der Waals surface area contributed by atoms with Gasteiger partial charge in [0, 0.05) is 7.05 Å². The van der Waals surface area contributed by atoms with E-state index in [0.717, 1.165) is 0 Å². The molecular weight excluding hydrogens is 276 g/mol. The van der Waals surface area contributed by atoms with Crippen molar-refractivity contribution >= 4 is 51.5 Å². The lowest BCUT2D eigenvalue weighted by Gasteiger charge is -2.09. The highest BCUT2D eigenvalue weighted by Gasteiger charge is 2.14. The van der Waals surface area contributed by atoms with Crippen LogP contribution in [0.5, 0.6) is 0 Å². The number of thiocarbonyl (C=S) groups is 1. The van der Waals surface area contributed by atoms with E-state index in [1.54, 1.807) is 7.05 Å². The van der Waals surface area contributed by atoms with Crippen LogP contribution < -0.4 is 10.6 Å². The van der Waals surface area contributed by atoms with E-state index in [-0.39, 0.29) is 10.7 Å². The third-order valence-corrected chi connectivity index (χ3v) is 2.92. The van der Waals surface area contributed by atoms with Crippen molar-refractivity contribution in [2.75, 3.05) is 12.4 Å². The van der Waals surface area contributed by atoms with Crippen molar-refractivity contribution in [2.24, 2.45) is 0 Å². The zero-order chi connectivity index (χ0) is 13.3. The van der Waals surface area contributed by atoms with Crippen LogP contribution in [0.3, 0.4) is 0 Å². The molecule has 0 aliphatic rings. The Morgan fingerprint density at radius 2 is 2.28 bits per heavy atom. The third-order valence-electron chi connectivity index (χ3n) is 2.34. The number of fused-ring (bicyclic) bond motifs is 1. The van der Waals surface area contributed by atoms with Gasteiger partial charge in [-0.3, -0.25) is 5.10 Å². The zero-order valence-electron chi connectivity index (χ0n) is 9.24. The molecule has 0 aliphatic carbocycles. The molecule has 8 heteroatoms. The van der Waals surface area contributed by atoms with E-state index < -0.39 is 5.97 Å². The van der Waals surface area contributed by atoms with Gasteiger partial charge < -0.3 is 15.7 Å². The van der Waals surface area contributed by atoms with Crippen LogP contribution >= 0.6 is 23.8 Å². The summed E-state index contributed by atoms with van der Waals surface area (Å²) in [6, 6.07) is 2.92. The summed E-state index contributed by atoms with van der Waals surface area (Å²) in [5.74, 6) is -1.04. The van der Waals surface area contributed by atoms with Gasteiger partial charge in [0.2, 0.25) is 0 Å². The minimum Gasteiger partial charge on any atom is -0.478 e. The molecule has 0 atom stereocenters. The molecule has 18 heavy (non-hydrogen) atoms. The number of hydrogen-bond donors (Lipinski definition) is 4. The van der Waals surface area contributed by atoms with E-state index in [4.69, 9.17) is 28.9 Å². The van der Waals surface area contributed by atoms with Crippen LogP contribution in [0.2, 0.25) is 5.15 Å². The van der Waals surface area contributed by atoms with Gasteiger partial charge in [0.25, 0.3) is 0 Å². The maximum Gasteiger partial charge on any atom is 0.335 e. The summed E-state index contributed by atoms with van der Waals surface area (Å²) in [6.45, 7) is 0. The average Bonchev–Trinajstić information content (AvgIpc) is 2.71. The molecule has 0 saturated heterocycles. The number of carboxylic acids is 1. The predicted octanol–water partition coefficient (Wildman–Crippen LogP) is 1.83. The number of aromatic amines is 1. The van der Waals surface area contributed by atoms with E-state index >= 15 is 0 Å². The molecule has 2 rings (SSSR count). The van der Waals surface area contributed by atoms with Crippen molar-refractivity contribution in [1.29, 1.82) is 0 Å². The molecule has 1 heterocycles. The monoisotopic (exact) mass is 284 g/mol. The smallest absolute Gasteiger partial charge is 0.335 e. The van der Waals surface area contributed by atoms with Crippen LogP contribution in [0.1, 0.15) is 10.4 Å². The fourth-order valence-electron chi connectivity index (χ4n) is 1.52. The van der Waals surface area contributed by atoms with Crippen molar-refractivity contribution < 1.29 is 9.90 Å². The van der Waals surface area contributed by atoms with E-state index in [9.17, 15) is 4.79 Å². The molecule has 0 spiro atoms. The SMILES string of the molecule is CNC(=S)Nc1cc(C(=O)O)cc2[nH]nc(Cl)c12. The first-order valence-electron chi connectivity index (χ1n) is 4.92. The fourth-order valence-corrected chi connectivity index (χ4v) is 1.88. The number of H-pyrrole nitrogens is 1. The van der Waals surface area contributed by atoms with Crippen LogP contribution in [-0.4, -0.2) is 33.4 Å². The first-order valence-corrected chi connectivity index (χ1v) is 5.71. The molecule has 0 fully saturated rings. The Hall–Kier alpha value is -1.86. The van der Waals surface area contributed by atoms with E-state index in [2.05, 4.69) is 20.8 Å². The molecule has 0 aliphatic heterocycles. The van der Waals surface area contributed by atoms with Crippen LogP contribution in [0.15, 0.2) is 12.1 Å². The van der Waals surface area contributed by atoms with Gasteiger partial charge in [0.1, 0.15) is 0 Å². The largest absolute Gasteiger partial charge is 0.478 e. The molecular formula is C10H9ClN4O2S. The van der Waals surface area contributed by atoms with Gasteiger partial charge in [-0.25, -0.2) is 4.79 Å². The molecule has 0 unspecified atom stereocenters.